The van der Waals surface area contributed by atoms with Gasteiger partial charge >= 0.3 is 12.1 Å². The summed E-state index contributed by atoms with van der Waals surface area (Å²) in [4.78, 5) is 24.7. The van der Waals surface area contributed by atoms with Gasteiger partial charge in [0.25, 0.3) is 0 Å². The van der Waals surface area contributed by atoms with Gasteiger partial charge in [-0.15, -0.1) is 0 Å². The molecular formula is C24H22Cl2F4O4. The van der Waals surface area contributed by atoms with E-state index in [2.05, 4.69) is 0 Å². The van der Waals surface area contributed by atoms with Crippen molar-refractivity contribution in [3.05, 3.63) is 69.0 Å². The number of alkyl halides is 3. The molecule has 0 aliphatic rings. The quantitative estimate of drug-likeness (QED) is 0.171. The number of hydrogen-bond donors (Lipinski definition) is 0. The van der Waals surface area contributed by atoms with Crippen LogP contribution in [0.4, 0.5) is 17.6 Å². The molecule has 4 nitrogen and oxygen atoms in total. The minimum atomic E-state index is -4.80. The van der Waals surface area contributed by atoms with Crippen LogP contribution in [0.3, 0.4) is 0 Å². The molecule has 0 unspecified atom stereocenters. The molecule has 34 heavy (non-hydrogen) atoms. The highest BCUT2D eigenvalue weighted by atomic mass is 35.5. The van der Waals surface area contributed by atoms with Crippen LogP contribution in [0.2, 0.25) is 10.0 Å². The van der Waals surface area contributed by atoms with Crippen LogP contribution in [0, 0.1) is 5.82 Å². The monoisotopic (exact) mass is 520 g/mol. The molecule has 0 heterocycles. The van der Waals surface area contributed by atoms with Crippen LogP contribution < -0.4 is 4.74 Å². The molecule has 0 aliphatic carbocycles. The van der Waals surface area contributed by atoms with Crippen molar-refractivity contribution in [1.82, 2.24) is 0 Å². The molecule has 0 atom stereocenters. The molecule has 0 amide bonds. The number of carbonyl (C=O) groups excluding carboxylic acids is 2. The Bertz CT molecular complexity index is 1130. The summed E-state index contributed by atoms with van der Waals surface area (Å²) in [5.41, 5.74) is -3.65. The van der Waals surface area contributed by atoms with Crippen molar-refractivity contribution in [3.8, 4) is 5.75 Å². The Balaban J connectivity index is 2.26. The van der Waals surface area contributed by atoms with Gasteiger partial charge in [-0.1, -0.05) is 23.2 Å². The molecule has 0 fully saturated rings. The summed E-state index contributed by atoms with van der Waals surface area (Å²) in [5.74, 6) is -2.62. The molecule has 2 aromatic rings. The molecule has 0 aromatic heterocycles. The van der Waals surface area contributed by atoms with E-state index in [1.165, 1.54) is 32.1 Å². The number of hydrogen-bond acceptors (Lipinski definition) is 4. The number of allylic oxidation sites excluding steroid dienone is 1. The van der Waals surface area contributed by atoms with Gasteiger partial charge in [0, 0.05) is 5.56 Å². The molecule has 2 aromatic carbocycles. The van der Waals surface area contributed by atoms with Crippen molar-refractivity contribution in [3.63, 3.8) is 0 Å². The van der Waals surface area contributed by atoms with Gasteiger partial charge in [0.1, 0.15) is 22.2 Å². The SMILES string of the molecule is CC(C)(C)OC(=O)C(C)(C)Oc1ccc(C=CC(=O)c2cc(F)cc(C(F)(F)F)c2)c(Cl)c1Cl. The maximum atomic E-state index is 13.6. The highest BCUT2D eigenvalue weighted by Gasteiger charge is 2.35. The largest absolute Gasteiger partial charge is 0.475 e. The molecule has 184 valence electrons. The summed E-state index contributed by atoms with van der Waals surface area (Å²) in [6.45, 7) is 8.11. The van der Waals surface area contributed by atoms with Crippen molar-refractivity contribution in [2.45, 2.75) is 52.0 Å². The average molecular weight is 521 g/mol. The number of ketones is 1. The van der Waals surface area contributed by atoms with Crippen molar-refractivity contribution in [1.29, 1.82) is 0 Å². The highest BCUT2D eigenvalue weighted by Crippen LogP contribution is 2.37. The average Bonchev–Trinajstić information content (AvgIpc) is 2.68. The first-order valence-corrected chi connectivity index (χ1v) is 10.7. The molecule has 0 aliphatic heterocycles. The topological polar surface area (TPSA) is 52.6 Å². The maximum absolute atomic E-state index is 13.6. The van der Waals surface area contributed by atoms with E-state index in [4.69, 9.17) is 32.7 Å². The van der Waals surface area contributed by atoms with Crippen molar-refractivity contribution < 1.29 is 36.6 Å². The first kappa shape index (κ1) is 27.7. The van der Waals surface area contributed by atoms with Crippen molar-refractivity contribution in [2.75, 3.05) is 0 Å². The predicted molar refractivity (Wildman–Crippen MR) is 122 cm³/mol. The molecule has 0 bridgehead atoms. The normalized spacial score (nSPS) is 12.7. The van der Waals surface area contributed by atoms with E-state index < -0.39 is 46.1 Å². The number of benzene rings is 2. The van der Waals surface area contributed by atoms with Crippen LogP contribution in [0.25, 0.3) is 6.08 Å². The summed E-state index contributed by atoms with van der Waals surface area (Å²) < 4.78 is 63.2. The molecule has 0 saturated heterocycles. The number of carbonyl (C=O) groups is 2. The Morgan fingerprint density at radius 1 is 0.941 bits per heavy atom. The maximum Gasteiger partial charge on any atom is 0.416 e. The summed E-state index contributed by atoms with van der Waals surface area (Å²) in [6, 6.07) is 4.40. The van der Waals surface area contributed by atoms with Crippen LogP contribution in [0.5, 0.6) is 5.75 Å². The van der Waals surface area contributed by atoms with Crippen molar-refractivity contribution >= 4 is 41.0 Å². The van der Waals surface area contributed by atoms with E-state index in [9.17, 15) is 27.2 Å². The first-order valence-electron chi connectivity index (χ1n) is 9.91. The highest BCUT2D eigenvalue weighted by molar-refractivity contribution is 6.43. The van der Waals surface area contributed by atoms with Gasteiger partial charge in [-0.2, -0.15) is 13.2 Å². The zero-order chi connectivity index (χ0) is 26.1. The fourth-order valence-electron chi connectivity index (χ4n) is 2.63. The minimum absolute atomic E-state index is 0.0292. The lowest BCUT2D eigenvalue weighted by atomic mass is 10.0. The number of halogens is 6. The predicted octanol–water partition coefficient (Wildman–Crippen LogP) is 7.55. The van der Waals surface area contributed by atoms with Crippen molar-refractivity contribution in [2.24, 2.45) is 0 Å². The fourth-order valence-corrected chi connectivity index (χ4v) is 3.06. The zero-order valence-corrected chi connectivity index (χ0v) is 20.5. The van der Waals surface area contributed by atoms with Crippen LogP contribution in [-0.2, 0) is 15.7 Å². The Hall–Kier alpha value is -2.58. The fraction of sp³-hybridized carbons (Fsp3) is 0.333. The number of rotatable bonds is 6. The lowest BCUT2D eigenvalue weighted by Gasteiger charge is -2.29. The van der Waals surface area contributed by atoms with E-state index in [-0.39, 0.29) is 21.4 Å². The summed E-state index contributed by atoms with van der Waals surface area (Å²) >= 11 is 12.5. The van der Waals surface area contributed by atoms with Gasteiger partial charge in [0.2, 0.25) is 0 Å². The van der Waals surface area contributed by atoms with E-state index in [1.54, 1.807) is 20.8 Å². The third-order valence-corrected chi connectivity index (χ3v) is 5.14. The second-order valence-electron chi connectivity index (χ2n) is 8.82. The second-order valence-corrected chi connectivity index (χ2v) is 9.58. The summed E-state index contributed by atoms with van der Waals surface area (Å²) in [5, 5.41) is -0.0866. The molecule has 0 radical (unpaired) electrons. The van der Waals surface area contributed by atoms with Crippen LogP contribution in [0.15, 0.2) is 36.4 Å². The Labute approximate surface area is 204 Å². The molecular weight excluding hydrogens is 499 g/mol. The lowest BCUT2D eigenvalue weighted by molar-refractivity contribution is -0.170. The second kappa shape index (κ2) is 9.96. The molecule has 0 saturated carbocycles. The molecule has 10 heteroatoms. The van der Waals surface area contributed by atoms with Crippen LogP contribution >= 0.6 is 23.2 Å². The molecule has 2 rings (SSSR count). The number of ether oxygens (including phenoxy) is 2. The molecule has 0 spiro atoms. The lowest BCUT2D eigenvalue weighted by Crippen LogP contribution is -2.43. The summed E-state index contributed by atoms with van der Waals surface area (Å²) in [6.07, 6.45) is -2.64. The van der Waals surface area contributed by atoms with Gasteiger partial charge in [0.15, 0.2) is 11.4 Å². The summed E-state index contributed by atoms with van der Waals surface area (Å²) in [7, 11) is 0. The van der Waals surface area contributed by atoms with Gasteiger partial charge in [-0.05, 0) is 82.7 Å². The Morgan fingerprint density at radius 2 is 1.56 bits per heavy atom. The van der Waals surface area contributed by atoms with Gasteiger partial charge in [-0.25, -0.2) is 9.18 Å². The third-order valence-electron chi connectivity index (χ3n) is 4.26. The standard InChI is InChI=1S/C24H22Cl2F4O4/c1-22(2,3)34-21(32)23(4,5)33-18-9-7-13(19(25)20(18)26)6-8-17(31)14-10-15(24(28,29)30)12-16(27)11-14/h6-12H,1-5H3. The third kappa shape index (κ3) is 7.21. The first-order chi connectivity index (χ1) is 15.4. The van der Waals surface area contributed by atoms with Gasteiger partial charge in [0.05, 0.1) is 10.6 Å². The minimum Gasteiger partial charge on any atom is -0.475 e. The van der Waals surface area contributed by atoms with Gasteiger partial charge in [-0.3, -0.25) is 4.79 Å². The van der Waals surface area contributed by atoms with E-state index in [1.807, 2.05) is 0 Å². The smallest absolute Gasteiger partial charge is 0.416 e. The Kier molecular flexibility index (Phi) is 8.10. The Morgan fingerprint density at radius 3 is 2.12 bits per heavy atom. The molecule has 0 N–H and O–H groups in total. The zero-order valence-electron chi connectivity index (χ0n) is 18.9. The van der Waals surface area contributed by atoms with E-state index >= 15 is 0 Å². The van der Waals surface area contributed by atoms with E-state index in [0.29, 0.717) is 18.2 Å². The van der Waals surface area contributed by atoms with E-state index in [0.717, 1.165) is 6.08 Å². The van der Waals surface area contributed by atoms with Crippen LogP contribution in [0.1, 0.15) is 56.1 Å². The van der Waals surface area contributed by atoms with Crippen LogP contribution in [-0.4, -0.2) is 23.0 Å². The van der Waals surface area contributed by atoms with Gasteiger partial charge < -0.3 is 9.47 Å². The number of esters is 1.